The third kappa shape index (κ3) is 5.79. The van der Waals surface area contributed by atoms with Gasteiger partial charge in [0.05, 0.1) is 0 Å². The van der Waals surface area contributed by atoms with E-state index in [9.17, 15) is 23.7 Å². The minimum Gasteiger partial charge on any atom is -0.481 e. The number of oxime groups is 1. The minimum absolute atomic E-state index is 0.185. The molecule has 2 saturated heterocycles. The number of fused-ring (bicyclic) bond motifs is 1. The molecule has 2 aliphatic heterocycles. The molecule has 0 saturated carbocycles. The number of nitrogens with zero attached hydrogens (tertiary/aromatic N) is 3. The van der Waals surface area contributed by atoms with E-state index in [4.69, 9.17) is 21.4 Å². The molecule has 11 nitrogen and oxygen atoms in total. The summed E-state index contributed by atoms with van der Waals surface area (Å²) in [5.74, 6) is -3.07. The zero-order chi connectivity index (χ0) is 33.2. The summed E-state index contributed by atoms with van der Waals surface area (Å²) in [6.45, 7) is -0.195. The molecule has 3 N–H and O–H groups in total. The molecule has 0 aliphatic carbocycles. The molecular formula is C33H30ClN5O6S2. The van der Waals surface area contributed by atoms with Crippen molar-refractivity contribution in [3.63, 3.8) is 0 Å². The SMILES string of the molecule is CON=C(C(=O)NC1C(=O)N2CC(CCl)(C(=O)O)CS(=O)[C@H]12)c1csc(NC(c2ccccc2)(c2ccccc2)c2ccccc2)n1. The highest BCUT2D eigenvalue weighted by molar-refractivity contribution is 7.86. The number of β-lactam (4-membered cyclic amide) rings is 1. The summed E-state index contributed by atoms with van der Waals surface area (Å²) < 4.78 is 13.1. The monoisotopic (exact) mass is 691 g/mol. The molecule has 4 atom stereocenters. The number of anilines is 1. The molecular weight excluding hydrogens is 662 g/mol. The van der Waals surface area contributed by atoms with Gasteiger partial charge in [-0.05, 0) is 16.7 Å². The number of aromatic nitrogens is 1. The van der Waals surface area contributed by atoms with Crippen LogP contribution in [-0.2, 0) is 35.6 Å². The number of carboxylic acids is 1. The molecule has 3 aromatic carbocycles. The average molecular weight is 692 g/mol. The topological polar surface area (TPSA) is 150 Å². The Morgan fingerprint density at radius 3 is 2.11 bits per heavy atom. The van der Waals surface area contributed by atoms with E-state index in [1.165, 1.54) is 23.3 Å². The Bertz CT molecular complexity index is 1750. The number of benzene rings is 3. The van der Waals surface area contributed by atoms with Crippen LogP contribution in [-0.4, -0.2) is 79.4 Å². The Labute approximate surface area is 282 Å². The second-order valence-corrected chi connectivity index (χ2v) is 13.8. The van der Waals surface area contributed by atoms with Gasteiger partial charge in [0.15, 0.2) is 10.8 Å². The van der Waals surface area contributed by atoms with Crippen LogP contribution in [0, 0.1) is 5.41 Å². The van der Waals surface area contributed by atoms with Crippen molar-refractivity contribution < 1.29 is 28.5 Å². The number of thiazole rings is 1. The molecule has 242 valence electrons. The second kappa shape index (κ2) is 13.3. The van der Waals surface area contributed by atoms with Gasteiger partial charge in [-0.1, -0.05) is 96.2 Å². The number of hydrogen-bond donors (Lipinski definition) is 3. The normalized spacial score (nSPS) is 22.5. The zero-order valence-corrected chi connectivity index (χ0v) is 27.4. The predicted molar refractivity (Wildman–Crippen MR) is 180 cm³/mol. The first-order chi connectivity index (χ1) is 22.7. The van der Waals surface area contributed by atoms with Crippen molar-refractivity contribution >= 4 is 62.4 Å². The molecule has 47 heavy (non-hydrogen) atoms. The lowest BCUT2D eigenvalue weighted by Gasteiger charge is -2.53. The van der Waals surface area contributed by atoms with Gasteiger partial charge in [0.2, 0.25) is 5.91 Å². The number of nitrogens with one attached hydrogen (secondary N) is 2. The van der Waals surface area contributed by atoms with Gasteiger partial charge in [0, 0.05) is 34.4 Å². The molecule has 3 heterocycles. The summed E-state index contributed by atoms with van der Waals surface area (Å²) in [6, 6.07) is 28.8. The highest BCUT2D eigenvalue weighted by Crippen LogP contribution is 2.41. The number of aliphatic carboxylic acids is 1. The fraction of sp³-hybridized carbons (Fsp3) is 0.242. The quantitative estimate of drug-likeness (QED) is 0.0710. The fourth-order valence-corrected chi connectivity index (χ4v) is 9.14. The van der Waals surface area contributed by atoms with Crippen LogP contribution in [0.15, 0.2) is 102 Å². The molecule has 3 unspecified atom stereocenters. The molecule has 4 aromatic rings. The van der Waals surface area contributed by atoms with Crippen LogP contribution in [0.5, 0.6) is 0 Å². The number of hydrogen-bond acceptors (Lipinski definition) is 9. The van der Waals surface area contributed by atoms with Gasteiger partial charge in [0.1, 0.15) is 35.2 Å². The Hall–Kier alpha value is -4.59. The molecule has 2 aliphatic rings. The molecule has 0 spiro atoms. The van der Waals surface area contributed by atoms with Crippen LogP contribution >= 0.6 is 22.9 Å². The first-order valence-corrected chi connectivity index (χ1v) is 17.3. The van der Waals surface area contributed by atoms with Gasteiger partial charge < -0.3 is 25.5 Å². The summed E-state index contributed by atoms with van der Waals surface area (Å²) in [4.78, 5) is 49.4. The lowest BCUT2D eigenvalue weighted by Crippen LogP contribution is -2.77. The van der Waals surface area contributed by atoms with Crippen molar-refractivity contribution in [3.8, 4) is 0 Å². The summed E-state index contributed by atoms with van der Waals surface area (Å²) in [6.07, 6.45) is 0. The van der Waals surface area contributed by atoms with E-state index < -0.39 is 51.0 Å². The van der Waals surface area contributed by atoms with Gasteiger partial charge in [0.25, 0.3) is 5.91 Å². The Kier molecular flexibility index (Phi) is 9.13. The van der Waals surface area contributed by atoms with E-state index in [2.05, 4.69) is 15.8 Å². The van der Waals surface area contributed by atoms with Crippen molar-refractivity contribution in [3.05, 3.63) is 119 Å². The van der Waals surface area contributed by atoms with Crippen molar-refractivity contribution in [1.29, 1.82) is 0 Å². The maximum Gasteiger partial charge on any atom is 0.313 e. The molecule has 2 fully saturated rings. The maximum atomic E-state index is 13.6. The Balaban J connectivity index is 1.29. The van der Waals surface area contributed by atoms with Crippen LogP contribution < -0.4 is 10.6 Å². The number of carbonyl (C=O) groups excluding carboxylic acids is 2. The standard InChI is InChI=1S/C33H30ClN5O6S2/c1-45-38-25(27(40)36-26-28(41)39-19-32(18-34,30(42)43)20-47(44)29(26)39)24-17-46-31(35-24)37-33(21-11-5-2-6-12-21,22-13-7-3-8-14-22)23-15-9-4-10-16-23/h2-17,26,29H,18-20H2,1H3,(H,35,37)(H,36,40)(H,42,43)/t26?,29-,32?,47?/m1/s1. The number of rotatable bonds is 11. The third-order valence-corrected chi connectivity index (χ3v) is 11.5. The lowest BCUT2D eigenvalue weighted by atomic mass is 9.77. The molecule has 6 rings (SSSR count). The summed E-state index contributed by atoms with van der Waals surface area (Å²) >= 11 is 7.19. The Morgan fingerprint density at radius 1 is 1.06 bits per heavy atom. The summed E-state index contributed by atoms with van der Waals surface area (Å²) in [7, 11) is -0.493. The predicted octanol–water partition coefficient (Wildman–Crippen LogP) is 3.62. The van der Waals surface area contributed by atoms with E-state index in [1.807, 2.05) is 91.0 Å². The van der Waals surface area contributed by atoms with Gasteiger partial charge in [-0.25, -0.2) is 4.98 Å². The first-order valence-electron chi connectivity index (χ1n) is 14.5. The average Bonchev–Trinajstić information content (AvgIpc) is 3.57. The van der Waals surface area contributed by atoms with Crippen molar-refractivity contribution in [1.82, 2.24) is 15.2 Å². The van der Waals surface area contributed by atoms with Crippen LogP contribution in [0.3, 0.4) is 0 Å². The van der Waals surface area contributed by atoms with Gasteiger partial charge in [-0.2, -0.15) is 0 Å². The first kappa shape index (κ1) is 32.4. The van der Waals surface area contributed by atoms with Crippen LogP contribution in [0.4, 0.5) is 5.13 Å². The largest absolute Gasteiger partial charge is 0.481 e. The van der Waals surface area contributed by atoms with E-state index >= 15 is 0 Å². The maximum absolute atomic E-state index is 13.6. The summed E-state index contributed by atoms with van der Waals surface area (Å²) in [5.41, 5.74) is 0.525. The summed E-state index contributed by atoms with van der Waals surface area (Å²) in [5, 5.41) is 21.1. The Morgan fingerprint density at radius 2 is 1.62 bits per heavy atom. The van der Waals surface area contributed by atoms with E-state index in [-0.39, 0.29) is 29.6 Å². The molecule has 1 aromatic heterocycles. The zero-order valence-electron chi connectivity index (χ0n) is 25.0. The van der Waals surface area contributed by atoms with E-state index in [1.54, 1.807) is 5.38 Å². The van der Waals surface area contributed by atoms with Crippen LogP contribution in [0.1, 0.15) is 22.4 Å². The molecule has 0 radical (unpaired) electrons. The van der Waals surface area contributed by atoms with Gasteiger partial charge >= 0.3 is 5.97 Å². The van der Waals surface area contributed by atoms with Gasteiger partial charge in [-0.3, -0.25) is 18.6 Å². The van der Waals surface area contributed by atoms with Crippen molar-refractivity contribution in [2.45, 2.75) is 17.0 Å². The smallest absolute Gasteiger partial charge is 0.313 e. The van der Waals surface area contributed by atoms with Crippen LogP contribution in [0.25, 0.3) is 0 Å². The number of carboxylic acid groups (broad SMARTS) is 1. The minimum atomic E-state index is -1.78. The van der Waals surface area contributed by atoms with Crippen LogP contribution in [0.2, 0.25) is 0 Å². The number of amides is 2. The number of carbonyl (C=O) groups is 3. The highest BCUT2D eigenvalue weighted by atomic mass is 35.5. The highest BCUT2D eigenvalue weighted by Gasteiger charge is 2.60. The van der Waals surface area contributed by atoms with E-state index in [0.717, 1.165) is 16.7 Å². The molecule has 2 amide bonds. The molecule has 0 bridgehead atoms. The van der Waals surface area contributed by atoms with E-state index in [0.29, 0.717) is 5.13 Å². The van der Waals surface area contributed by atoms with Crippen molar-refractivity contribution in [2.75, 3.05) is 30.6 Å². The fourth-order valence-electron chi connectivity index (χ4n) is 6.00. The third-order valence-electron chi connectivity index (χ3n) is 8.36. The number of halogens is 1. The number of alkyl halides is 1. The van der Waals surface area contributed by atoms with Crippen molar-refractivity contribution in [2.24, 2.45) is 10.6 Å². The van der Waals surface area contributed by atoms with Gasteiger partial charge in [-0.15, -0.1) is 22.9 Å². The molecule has 14 heteroatoms. The lowest BCUT2D eigenvalue weighted by molar-refractivity contribution is -0.157. The second-order valence-electron chi connectivity index (χ2n) is 11.2.